The average molecular weight is 275 g/mol. The smallest absolute Gasteiger partial charge is 0.491 e. The number of unbranched alkanes of at least 4 members (excludes halogenated alkanes) is 3. The highest BCUT2D eigenvalue weighted by Gasteiger charge is 2.26. The quantitative estimate of drug-likeness (QED) is 0.301. The Morgan fingerprint density at radius 2 is 1.89 bits per heavy atom. The average Bonchev–Trinajstić information content (AvgIpc) is 2.34. The molecule has 0 fully saturated rings. The van der Waals surface area contributed by atoms with Crippen molar-refractivity contribution in [1.82, 2.24) is 0 Å². The van der Waals surface area contributed by atoms with Gasteiger partial charge in [-0.3, -0.25) is 0 Å². The summed E-state index contributed by atoms with van der Waals surface area (Å²) in [7, 11) is 0. The zero-order valence-electron chi connectivity index (χ0n) is 10.5. The minimum absolute atomic E-state index is 0.211. The molecule has 0 aliphatic rings. The molecule has 0 spiro atoms. The lowest BCUT2D eigenvalue weighted by molar-refractivity contribution is 0.291. The molecule has 0 atom stereocenters. The topological polar surface area (TPSA) is 9.23 Å². The zero-order valence-corrected chi connectivity index (χ0v) is 10.5. The second-order valence-electron chi connectivity index (χ2n) is 4.25. The van der Waals surface area contributed by atoms with Crippen LogP contribution in [0.4, 0.5) is 17.3 Å². The van der Waals surface area contributed by atoms with Crippen LogP contribution in [0.25, 0.3) is 0 Å². The van der Waals surface area contributed by atoms with Gasteiger partial charge in [0, 0.05) is 0 Å². The molecule has 1 aromatic rings. The normalized spacial score (nSPS) is 11.4. The maximum atomic E-state index is 13.3. The number of hydrogen-bond donors (Lipinski definition) is 0. The maximum absolute atomic E-state index is 13.3. The molecule has 0 saturated carbocycles. The predicted octanol–water partition coefficient (Wildman–Crippen LogP) is 4.01. The van der Waals surface area contributed by atoms with E-state index in [9.17, 15) is 17.3 Å². The molecule has 1 aromatic carbocycles. The van der Waals surface area contributed by atoms with Crippen molar-refractivity contribution in [3.05, 3.63) is 36.7 Å². The summed E-state index contributed by atoms with van der Waals surface area (Å²) < 4.78 is 55.9. The largest absolute Gasteiger partial charge is 0.509 e. The molecule has 0 amide bonds. The van der Waals surface area contributed by atoms with E-state index in [1.165, 1.54) is 0 Å². The fourth-order valence-electron chi connectivity index (χ4n) is 1.58. The Kier molecular flexibility index (Phi) is 5.92. The molecular formula is C13H16BF4O-. The number of hydrogen-bond acceptors (Lipinski definition) is 1. The van der Waals surface area contributed by atoms with Gasteiger partial charge in [0.25, 0.3) is 0 Å². The van der Waals surface area contributed by atoms with E-state index in [0.29, 0.717) is 6.42 Å². The van der Waals surface area contributed by atoms with Crippen molar-refractivity contribution >= 4 is 12.4 Å². The molecule has 1 rings (SSSR count). The number of halogens is 4. The number of rotatable bonds is 8. The van der Waals surface area contributed by atoms with E-state index in [4.69, 9.17) is 4.74 Å². The summed E-state index contributed by atoms with van der Waals surface area (Å²) in [4.78, 5) is 0. The molecule has 0 aliphatic heterocycles. The van der Waals surface area contributed by atoms with Gasteiger partial charge in [0.1, 0.15) is 0 Å². The van der Waals surface area contributed by atoms with Gasteiger partial charge in [0.05, 0.1) is 6.61 Å². The van der Waals surface area contributed by atoms with E-state index < -0.39 is 18.3 Å². The van der Waals surface area contributed by atoms with Crippen molar-refractivity contribution in [1.29, 1.82) is 0 Å². The number of benzene rings is 1. The molecule has 1 nitrogen and oxygen atoms in total. The van der Waals surface area contributed by atoms with E-state index >= 15 is 0 Å². The molecule has 19 heavy (non-hydrogen) atoms. The third-order valence-electron chi connectivity index (χ3n) is 2.64. The highest BCUT2D eigenvalue weighted by Crippen LogP contribution is 2.19. The van der Waals surface area contributed by atoms with Crippen molar-refractivity contribution in [3.63, 3.8) is 0 Å². The third kappa shape index (κ3) is 5.36. The Balaban J connectivity index is 2.51. The summed E-state index contributed by atoms with van der Waals surface area (Å²) in [6.07, 6.45) is 5.18. The lowest BCUT2D eigenvalue weighted by Gasteiger charge is -2.16. The van der Waals surface area contributed by atoms with Gasteiger partial charge in [0.2, 0.25) is 0 Å². The summed E-state index contributed by atoms with van der Waals surface area (Å²) in [6, 6.07) is 2.24. The Bertz CT molecular complexity index is 418. The van der Waals surface area contributed by atoms with Crippen molar-refractivity contribution in [3.8, 4) is 5.75 Å². The van der Waals surface area contributed by atoms with E-state index in [1.807, 2.05) is 0 Å². The number of ether oxygens (including phenoxy) is 1. The van der Waals surface area contributed by atoms with Crippen LogP contribution in [-0.2, 0) is 0 Å². The van der Waals surface area contributed by atoms with Crippen LogP contribution in [0.2, 0.25) is 0 Å². The second kappa shape index (κ2) is 7.21. The van der Waals surface area contributed by atoms with Gasteiger partial charge in [-0.2, -0.15) is 0 Å². The molecule has 0 heterocycles. The van der Waals surface area contributed by atoms with Crippen LogP contribution >= 0.6 is 0 Å². The SMILES string of the molecule is C=CCCCCCOc1cc([B-](F)(F)F)ccc1F. The van der Waals surface area contributed by atoms with Crippen LogP contribution < -0.4 is 10.2 Å². The summed E-state index contributed by atoms with van der Waals surface area (Å²) in [6.45, 7) is -1.33. The Morgan fingerprint density at radius 1 is 1.16 bits per heavy atom. The van der Waals surface area contributed by atoms with Crippen LogP contribution in [0.5, 0.6) is 5.75 Å². The minimum Gasteiger partial charge on any atom is -0.491 e. The summed E-state index contributed by atoms with van der Waals surface area (Å²) in [5, 5.41) is 0. The summed E-state index contributed by atoms with van der Waals surface area (Å²) in [5.41, 5.74) is -0.844. The monoisotopic (exact) mass is 275 g/mol. The second-order valence-corrected chi connectivity index (χ2v) is 4.25. The highest BCUT2D eigenvalue weighted by atomic mass is 19.4. The van der Waals surface area contributed by atoms with Crippen LogP contribution in [-0.4, -0.2) is 13.6 Å². The maximum Gasteiger partial charge on any atom is 0.509 e. The van der Waals surface area contributed by atoms with Gasteiger partial charge in [-0.15, -0.1) is 12.0 Å². The minimum atomic E-state index is -5.13. The fourth-order valence-corrected chi connectivity index (χ4v) is 1.58. The lowest BCUT2D eigenvalue weighted by Crippen LogP contribution is -2.34. The van der Waals surface area contributed by atoms with Gasteiger partial charge in [-0.1, -0.05) is 12.1 Å². The Hall–Kier alpha value is -1.46. The van der Waals surface area contributed by atoms with E-state index in [1.54, 1.807) is 6.08 Å². The first-order chi connectivity index (χ1) is 8.95. The van der Waals surface area contributed by atoms with Crippen LogP contribution in [0.15, 0.2) is 30.9 Å². The van der Waals surface area contributed by atoms with E-state index in [0.717, 1.165) is 37.5 Å². The molecule has 0 aromatic heterocycles. The molecule has 6 heteroatoms. The van der Waals surface area contributed by atoms with Crippen LogP contribution in [0, 0.1) is 5.82 Å². The summed E-state index contributed by atoms with van der Waals surface area (Å²) >= 11 is 0. The van der Waals surface area contributed by atoms with Crippen LogP contribution in [0.1, 0.15) is 25.7 Å². The zero-order chi connectivity index (χ0) is 14.3. The molecule has 0 aliphatic carbocycles. The lowest BCUT2D eigenvalue weighted by atomic mass is 9.80. The van der Waals surface area contributed by atoms with Gasteiger partial charge >= 0.3 is 6.98 Å². The van der Waals surface area contributed by atoms with Gasteiger partial charge < -0.3 is 17.7 Å². The predicted molar refractivity (Wildman–Crippen MR) is 69.3 cm³/mol. The highest BCUT2D eigenvalue weighted by molar-refractivity contribution is 6.73. The first-order valence-electron chi connectivity index (χ1n) is 6.18. The van der Waals surface area contributed by atoms with Crippen molar-refractivity contribution in [2.45, 2.75) is 25.7 Å². The van der Waals surface area contributed by atoms with Gasteiger partial charge in [-0.05, 0) is 37.8 Å². The van der Waals surface area contributed by atoms with E-state index in [-0.39, 0.29) is 12.4 Å². The first kappa shape index (κ1) is 15.6. The molecule has 106 valence electrons. The van der Waals surface area contributed by atoms with Crippen LogP contribution in [0.3, 0.4) is 0 Å². The molecule has 0 bridgehead atoms. The molecular weight excluding hydrogens is 259 g/mol. The van der Waals surface area contributed by atoms with Crippen molar-refractivity contribution in [2.75, 3.05) is 6.61 Å². The van der Waals surface area contributed by atoms with Gasteiger partial charge in [0.15, 0.2) is 11.6 Å². The fraction of sp³-hybridized carbons (Fsp3) is 0.385. The van der Waals surface area contributed by atoms with Crippen molar-refractivity contribution in [2.24, 2.45) is 0 Å². The Morgan fingerprint density at radius 3 is 2.53 bits per heavy atom. The Labute approximate surface area is 110 Å². The molecule has 0 N–H and O–H groups in total. The summed E-state index contributed by atoms with van der Waals surface area (Å²) in [5.74, 6) is -1.10. The molecule has 0 radical (unpaired) electrons. The number of allylic oxidation sites excluding steroid dienone is 1. The van der Waals surface area contributed by atoms with Crippen molar-refractivity contribution < 1.29 is 22.1 Å². The standard InChI is InChI=1S/C13H16BF4O/c1-2-3-4-5-6-9-19-13-10-11(14(16,17)18)7-8-12(13)15/h2,7-8,10H,1,3-6,9H2/q-1. The molecule has 0 saturated heterocycles. The molecule has 0 unspecified atom stereocenters. The first-order valence-corrected chi connectivity index (χ1v) is 6.18. The van der Waals surface area contributed by atoms with E-state index in [2.05, 4.69) is 6.58 Å². The third-order valence-corrected chi connectivity index (χ3v) is 2.64. The van der Waals surface area contributed by atoms with Gasteiger partial charge in [-0.25, -0.2) is 4.39 Å².